The fraction of sp³-hybridized carbons (Fsp3) is 0.333. The Bertz CT molecular complexity index is 564. The average molecular weight is 303 g/mol. The molecule has 1 aromatic rings. The maximum atomic E-state index is 12.1. The molecule has 1 saturated heterocycles. The average Bonchev–Trinajstić information content (AvgIpc) is 2.86. The van der Waals surface area contributed by atoms with Crippen molar-refractivity contribution in [3.05, 3.63) is 28.8 Å². The van der Waals surface area contributed by atoms with E-state index in [9.17, 15) is 9.59 Å². The number of nitrogens with one attached hydrogen (secondary N) is 2. The van der Waals surface area contributed by atoms with Crippen molar-refractivity contribution >= 4 is 41.6 Å². The Hall–Kier alpha value is -1.30. The van der Waals surface area contributed by atoms with E-state index in [2.05, 4.69) is 10.6 Å². The van der Waals surface area contributed by atoms with E-state index in [0.717, 1.165) is 11.3 Å². The molecular weight excluding hydrogens is 291 g/mol. The maximum Gasteiger partial charge on any atom is 0.320 e. The number of halogens is 2. The largest absolute Gasteiger partial charge is 0.480 e. The molecule has 1 spiro atoms. The molecule has 0 radical (unpaired) electrons. The number of amides is 1. The van der Waals surface area contributed by atoms with Gasteiger partial charge in [0.2, 0.25) is 5.91 Å². The fourth-order valence-electron chi connectivity index (χ4n) is 2.73. The van der Waals surface area contributed by atoms with Crippen LogP contribution in [0, 0.1) is 0 Å². The summed E-state index contributed by atoms with van der Waals surface area (Å²) in [5, 5.41) is 15.2. The van der Waals surface area contributed by atoms with Crippen LogP contribution in [0.5, 0.6) is 0 Å². The normalized spacial score (nSPS) is 27.8. The van der Waals surface area contributed by atoms with Gasteiger partial charge in [0.15, 0.2) is 0 Å². The number of aliphatic carboxylic acids is 1. The van der Waals surface area contributed by atoms with Gasteiger partial charge in [-0.2, -0.15) is 0 Å². The third-order valence-corrected chi connectivity index (χ3v) is 3.92. The van der Waals surface area contributed by atoms with Gasteiger partial charge in [-0.15, -0.1) is 12.4 Å². The Balaban J connectivity index is 0.00000133. The Morgan fingerprint density at radius 3 is 2.84 bits per heavy atom. The van der Waals surface area contributed by atoms with Crippen LogP contribution in [-0.4, -0.2) is 29.6 Å². The van der Waals surface area contributed by atoms with Crippen LogP contribution in [-0.2, 0) is 15.0 Å². The molecule has 5 nitrogen and oxygen atoms in total. The monoisotopic (exact) mass is 302 g/mol. The summed E-state index contributed by atoms with van der Waals surface area (Å²) in [5.41, 5.74) is 0.706. The lowest BCUT2D eigenvalue weighted by molar-refractivity contribution is -0.139. The minimum Gasteiger partial charge on any atom is -0.480 e. The number of carbonyl (C=O) groups is 2. The van der Waals surface area contributed by atoms with E-state index in [1.165, 1.54) is 0 Å². The molecule has 0 bridgehead atoms. The highest BCUT2D eigenvalue weighted by molar-refractivity contribution is 6.31. The minimum absolute atomic E-state index is 0. The molecule has 1 aromatic carbocycles. The summed E-state index contributed by atoms with van der Waals surface area (Å²) in [6, 6.07) is 4.50. The molecular formula is C12H12Cl2N2O3. The number of benzene rings is 1. The second-order valence-corrected chi connectivity index (χ2v) is 5.14. The molecule has 2 aliphatic rings. The number of hydrogen-bond acceptors (Lipinski definition) is 3. The van der Waals surface area contributed by atoms with Gasteiger partial charge in [0.25, 0.3) is 0 Å². The number of anilines is 1. The van der Waals surface area contributed by atoms with Crippen LogP contribution in [0.3, 0.4) is 0 Å². The molecule has 0 saturated carbocycles. The number of carbonyl (C=O) groups excluding carboxylic acids is 1. The molecule has 0 unspecified atom stereocenters. The summed E-state index contributed by atoms with van der Waals surface area (Å²) in [6.45, 7) is 0.323. The van der Waals surface area contributed by atoms with Gasteiger partial charge in [0.1, 0.15) is 6.04 Å². The van der Waals surface area contributed by atoms with Crippen molar-refractivity contribution in [1.82, 2.24) is 5.32 Å². The van der Waals surface area contributed by atoms with Crippen molar-refractivity contribution < 1.29 is 14.7 Å². The predicted molar refractivity (Wildman–Crippen MR) is 73.1 cm³/mol. The van der Waals surface area contributed by atoms with Crippen LogP contribution in [0.2, 0.25) is 5.02 Å². The van der Waals surface area contributed by atoms with Gasteiger partial charge in [0.05, 0.1) is 5.41 Å². The third kappa shape index (κ3) is 1.98. The smallest absolute Gasteiger partial charge is 0.320 e. The lowest BCUT2D eigenvalue weighted by atomic mass is 9.79. The minimum atomic E-state index is -0.935. The van der Waals surface area contributed by atoms with Gasteiger partial charge in [-0.1, -0.05) is 11.6 Å². The fourth-order valence-corrected chi connectivity index (χ4v) is 2.90. The van der Waals surface area contributed by atoms with Gasteiger partial charge in [-0.05, 0) is 30.2 Å². The predicted octanol–water partition coefficient (Wildman–Crippen LogP) is 1.40. The van der Waals surface area contributed by atoms with E-state index in [0.29, 0.717) is 11.6 Å². The van der Waals surface area contributed by atoms with E-state index in [1.54, 1.807) is 18.2 Å². The van der Waals surface area contributed by atoms with Crippen molar-refractivity contribution in [3.8, 4) is 0 Å². The molecule has 2 atom stereocenters. The first-order valence-electron chi connectivity index (χ1n) is 5.61. The van der Waals surface area contributed by atoms with Crippen LogP contribution in [0.15, 0.2) is 18.2 Å². The van der Waals surface area contributed by atoms with Gasteiger partial charge in [-0.3, -0.25) is 9.59 Å². The first-order valence-corrected chi connectivity index (χ1v) is 5.98. The molecule has 3 rings (SSSR count). The SMILES string of the molecule is Cl.O=C(O)[C@@H]1C[C@@]2(CN1)C(=O)Nc1ccc(Cl)cc12. The highest BCUT2D eigenvalue weighted by Gasteiger charge is 2.53. The van der Waals surface area contributed by atoms with Crippen molar-refractivity contribution in [3.63, 3.8) is 0 Å². The number of fused-ring (bicyclic) bond motifs is 2. The summed E-state index contributed by atoms with van der Waals surface area (Å²) in [5.74, 6) is -1.09. The Labute approximate surface area is 120 Å². The number of rotatable bonds is 1. The van der Waals surface area contributed by atoms with E-state index < -0.39 is 17.4 Å². The van der Waals surface area contributed by atoms with E-state index in [4.69, 9.17) is 16.7 Å². The van der Waals surface area contributed by atoms with E-state index in [1.807, 2.05) is 0 Å². The first-order chi connectivity index (χ1) is 8.53. The van der Waals surface area contributed by atoms with Crippen molar-refractivity contribution in [2.75, 3.05) is 11.9 Å². The van der Waals surface area contributed by atoms with Crippen LogP contribution < -0.4 is 10.6 Å². The molecule has 2 aliphatic heterocycles. The Morgan fingerprint density at radius 2 is 2.21 bits per heavy atom. The number of hydrogen-bond donors (Lipinski definition) is 3. The second-order valence-electron chi connectivity index (χ2n) is 4.70. The second kappa shape index (κ2) is 4.67. The van der Waals surface area contributed by atoms with Gasteiger partial charge in [-0.25, -0.2) is 0 Å². The topological polar surface area (TPSA) is 78.4 Å². The van der Waals surface area contributed by atoms with Crippen LogP contribution in [0.1, 0.15) is 12.0 Å². The lowest BCUT2D eigenvalue weighted by Crippen LogP contribution is -2.36. The summed E-state index contributed by atoms with van der Waals surface area (Å²) in [4.78, 5) is 23.2. The Kier molecular flexibility index (Phi) is 3.47. The summed E-state index contributed by atoms with van der Waals surface area (Å²) < 4.78 is 0. The van der Waals surface area contributed by atoms with E-state index >= 15 is 0 Å². The van der Waals surface area contributed by atoms with Gasteiger partial charge >= 0.3 is 5.97 Å². The standard InChI is InChI=1S/C12H11ClN2O3.ClH/c13-6-1-2-8-7(3-6)12(11(18)15-8)4-9(10(16)17)14-5-12;/h1-3,9,14H,4-5H2,(H,15,18)(H,16,17);1H/t9-,12-;/m0./s1. The summed E-state index contributed by atoms with van der Waals surface area (Å²) in [7, 11) is 0. The van der Waals surface area contributed by atoms with Crippen LogP contribution in [0.25, 0.3) is 0 Å². The van der Waals surface area contributed by atoms with Crippen LogP contribution >= 0.6 is 24.0 Å². The zero-order chi connectivity index (χ0) is 12.9. The highest BCUT2D eigenvalue weighted by atomic mass is 35.5. The van der Waals surface area contributed by atoms with Crippen molar-refractivity contribution in [1.29, 1.82) is 0 Å². The molecule has 0 aromatic heterocycles. The Morgan fingerprint density at radius 1 is 1.47 bits per heavy atom. The molecule has 7 heteroatoms. The summed E-state index contributed by atoms with van der Waals surface area (Å²) in [6.07, 6.45) is 0.251. The highest BCUT2D eigenvalue weighted by Crippen LogP contribution is 2.44. The summed E-state index contributed by atoms with van der Waals surface area (Å²) >= 11 is 5.96. The van der Waals surface area contributed by atoms with Gasteiger partial charge in [0, 0.05) is 17.3 Å². The van der Waals surface area contributed by atoms with Crippen LogP contribution in [0.4, 0.5) is 5.69 Å². The molecule has 102 valence electrons. The third-order valence-electron chi connectivity index (χ3n) is 3.68. The zero-order valence-electron chi connectivity index (χ0n) is 9.77. The quantitative estimate of drug-likeness (QED) is 0.733. The van der Waals surface area contributed by atoms with Crippen molar-refractivity contribution in [2.24, 2.45) is 0 Å². The molecule has 1 amide bonds. The first kappa shape index (κ1) is 14.1. The number of carboxylic acid groups (broad SMARTS) is 1. The molecule has 2 heterocycles. The molecule has 0 aliphatic carbocycles. The zero-order valence-corrected chi connectivity index (χ0v) is 11.3. The maximum absolute atomic E-state index is 12.1. The van der Waals surface area contributed by atoms with Gasteiger partial charge < -0.3 is 15.7 Å². The number of carboxylic acids is 1. The molecule has 19 heavy (non-hydrogen) atoms. The van der Waals surface area contributed by atoms with E-state index in [-0.39, 0.29) is 24.7 Å². The lowest BCUT2D eigenvalue weighted by Gasteiger charge is -2.19. The molecule has 1 fully saturated rings. The molecule has 3 N–H and O–H groups in total. The van der Waals surface area contributed by atoms with Crippen molar-refractivity contribution in [2.45, 2.75) is 17.9 Å².